The highest BCUT2D eigenvalue weighted by molar-refractivity contribution is 7.63. The minimum atomic E-state index is -2.13. The maximum atomic E-state index is 13.2. The molecule has 0 saturated carbocycles. The molecule has 0 bridgehead atoms. The van der Waals surface area contributed by atoms with Crippen molar-refractivity contribution >= 4 is 36.8 Å². The Morgan fingerprint density at radius 3 is 1.19 bits per heavy atom. The van der Waals surface area contributed by atoms with Crippen LogP contribution in [0.25, 0.3) is 0 Å². The van der Waals surface area contributed by atoms with E-state index in [-0.39, 0.29) is 0 Å². The summed E-state index contributed by atoms with van der Waals surface area (Å²) in [5.74, 6) is 0. The van der Waals surface area contributed by atoms with Crippen LogP contribution < -0.4 is 21.2 Å². The summed E-state index contributed by atoms with van der Waals surface area (Å²) >= 11 is 0. The first-order valence-electron chi connectivity index (χ1n) is 8.72. The number of rotatable bonds is 4. The van der Waals surface area contributed by atoms with Crippen molar-refractivity contribution in [1.82, 2.24) is 0 Å². The molecule has 4 heteroatoms. The summed E-state index contributed by atoms with van der Waals surface area (Å²) < 4.78 is 26.5. The number of hydrogen-bond acceptors (Lipinski definition) is 2. The van der Waals surface area contributed by atoms with Gasteiger partial charge < -0.3 is 9.13 Å². The van der Waals surface area contributed by atoms with Gasteiger partial charge in [-0.1, -0.05) is 54.6 Å². The van der Waals surface area contributed by atoms with Crippen LogP contribution >= 0.6 is 15.6 Å². The number of benzene rings is 3. The standard InChI is InChI=1S/C22H24O2P2/c1-15-8-5-9-16(2)21(15)25(23)19-12-7-13-20(14-19)26(24)22-17(3)10-6-11-18(22)4/h5-14,25-26H,1-4H3. The Hall–Kier alpha value is -1.88. The average Bonchev–Trinajstić information content (AvgIpc) is 2.61. The molecule has 0 aliphatic carbocycles. The van der Waals surface area contributed by atoms with Crippen molar-refractivity contribution < 1.29 is 9.13 Å². The van der Waals surface area contributed by atoms with Crippen LogP contribution in [-0.2, 0) is 9.13 Å². The van der Waals surface area contributed by atoms with Crippen LogP contribution in [0.15, 0.2) is 60.7 Å². The van der Waals surface area contributed by atoms with E-state index in [0.717, 1.165) is 43.5 Å². The number of hydrogen-bond donors (Lipinski definition) is 0. The van der Waals surface area contributed by atoms with E-state index < -0.39 is 15.6 Å². The molecular formula is C22H24O2P2. The van der Waals surface area contributed by atoms with E-state index in [2.05, 4.69) is 0 Å². The minimum Gasteiger partial charge on any atom is -0.317 e. The highest BCUT2D eigenvalue weighted by atomic mass is 31.1. The molecule has 0 amide bonds. The average molecular weight is 382 g/mol. The third kappa shape index (κ3) is 3.63. The molecule has 0 fully saturated rings. The van der Waals surface area contributed by atoms with Crippen LogP contribution in [0.1, 0.15) is 22.3 Å². The summed E-state index contributed by atoms with van der Waals surface area (Å²) in [6.45, 7) is 7.98. The fourth-order valence-corrected chi connectivity index (χ4v) is 6.99. The Kier molecular flexibility index (Phi) is 5.66. The van der Waals surface area contributed by atoms with Crippen molar-refractivity contribution in [3.8, 4) is 0 Å². The van der Waals surface area contributed by atoms with Gasteiger partial charge in [0.25, 0.3) is 0 Å². The lowest BCUT2D eigenvalue weighted by Gasteiger charge is -2.13. The van der Waals surface area contributed by atoms with Gasteiger partial charge in [-0.3, -0.25) is 0 Å². The monoisotopic (exact) mass is 382 g/mol. The van der Waals surface area contributed by atoms with Gasteiger partial charge in [-0.05, 0) is 56.0 Å². The van der Waals surface area contributed by atoms with E-state index >= 15 is 0 Å². The molecule has 0 heterocycles. The lowest BCUT2D eigenvalue weighted by Crippen LogP contribution is -2.18. The van der Waals surface area contributed by atoms with Crippen LogP contribution in [-0.4, -0.2) is 0 Å². The summed E-state index contributed by atoms with van der Waals surface area (Å²) in [4.78, 5) is 0. The van der Waals surface area contributed by atoms with Gasteiger partial charge in [0.1, 0.15) is 15.6 Å². The quantitative estimate of drug-likeness (QED) is 0.641. The van der Waals surface area contributed by atoms with Crippen LogP contribution in [0.5, 0.6) is 0 Å². The molecule has 134 valence electrons. The van der Waals surface area contributed by atoms with Gasteiger partial charge in [0.15, 0.2) is 0 Å². The molecular weight excluding hydrogens is 358 g/mol. The summed E-state index contributed by atoms with van der Waals surface area (Å²) in [5.41, 5.74) is 4.17. The van der Waals surface area contributed by atoms with Crippen LogP contribution in [0.3, 0.4) is 0 Å². The van der Waals surface area contributed by atoms with Crippen molar-refractivity contribution in [2.75, 3.05) is 0 Å². The molecule has 26 heavy (non-hydrogen) atoms. The molecule has 0 radical (unpaired) electrons. The molecule has 3 aromatic carbocycles. The largest absolute Gasteiger partial charge is 0.317 e. The Labute approximate surface area is 156 Å². The first-order valence-corrected chi connectivity index (χ1v) is 11.5. The SMILES string of the molecule is Cc1cccc(C)c1[PH](=O)c1cccc([PH](=O)c2c(C)cccc2C)c1. The highest BCUT2D eigenvalue weighted by Crippen LogP contribution is 2.27. The molecule has 0 aliphatic heterocycles. The van der Waals surface area contributed by atoms with Gasteiger partial charge in [0.2, 0.25) is 0 Å². The lowest BCUT2D eigenvalue weighted by atomic mass is 10.2. The first kappa shape index (κ1) is 18.9. The second-order valence-corrected chi connectivity index (χ2v) is 10.2. The summed E-state index contributed by atoms with van der Waals surface area (Å²) in [6.07, 6.45) is 0. The van der Waals surface area contributed by atoms with E-state index in [1.807, 2.05) is 88.4 Å². The fraction of sp³-hybridized carbons (Fsp3) is 0.182. The van der Waals surface area contributed by atoms with Crippen molar-refractivity contribution in [1.29, 1.82) is 0 Å². The van der Waals surface area contributed by atoms with Crippen molar-refractivity contribution in [3.63, 3.8) is 0 Å². The predicted octanol–water partition coefficient (Wildman–Crippen LogP) is 3.94. The van der Waals surface area contributed by atoms with Gasteiger partial charge in [-0.2, -0.15) is 0 Å². The van der Waals surface area contributed by atoms with E-state index in [0.29, 0.717) is 0 Å². The second kappa shape index (κ2) is 7.78. The van der Waals surface area contributed by atoms with Crippen molar-refractivity contribution in [3.05, 3.63) is 82.9 Å². The maximum Gasteiger partial charge on any atom is 0.132 e. The van der Waals surface area contributed by atoms with Gasteiger partial charge >= 0.3 is 0 Å². The van der Waals surface area contributed by atoms with E-state index in [1.165, 1.54) is 0 Å². The maximum absolute atomic E-state index is 13.2. The zero-order chi connectivity index (χ0) is 18.8. The molecule has 0 spiro atoms. The van der Waals surface area contributed by atoms with Gasteiger partial charge in [-0.25, -0.2) is 0 Å². The van der Waals surface area contributed by atoms with Crippen LogP contribution in [0.4, 0.5) is 0 Å². The Morgan fingerprint density at radius 2 is 0.846 bits per heavy atom. The molecule has 0 saturated heterocycles. The van der Waals surface area contributed by atoms with Crippen molar-refractivity contribution in [2.24, 2.45) is 0 Å². The summed E-state index contributed by atoms with van der Waals surface area (Å²) in [7, 11) is -4.27. The molecule has 3 rings (SSSR count). The van der Waals surface area contributed by atoms with Gasteiger partial charge in [0, 0.05) is 21.2 Å². The summed E-state index contributed by atoms with van der Waals surface area (Å²) in [5, 5.41) is 3.38. The molecule has 0 N–H and O–H groups in total. The van der Waals surface area contributed by atoms with Crippen LogP contribution in [0, 0.1) is 27.7 Å². The second-order valence-electron chi connectivity index (χ2n) is 6.77. The molecule has 0 aromatic heterocycles. The fourth-order valence-electron chi connectivity index (χ4n) is 3.44. The van der Waals surface area contributed by atoms with Gasteiger partial charge in [-0.15, -0.1) is 0 Å². The zero-order valence-corrected chi connectivity index (χ0v) is 17.6. The minimum absolute atomic E-state index is 0.773. The predicted molar refractivity (Wildman–Crippen MR) is 115 cm³/mol. The summed E-state index contributed by atoms with van der Waals surface area (Å²) in [6, 6.07) is 19.5. The Morgan fingerprint density at radius 1 is 0.538 bits per heavy atom. The first-order chi connectivity index (χ1) is 12.4. The van der Waals surface area contributed by atoms with Crippen molar-refractivity contribution in [2.45, 2.75) is 27.7 Å². The molecule has 2 atom stereocenters. The van der Waals surface area contributed by atoms with E-state index in [1.54, 1.807) is 0 Å². The third-order valence-corrected chi connectivity index (χ3v) is 8.96. The van der Waals surface area contributed by atoms with E-state index in [4.69, 9.17) is 0 Å². The molecule has 0 aliphatic rings. The topological polar surface area (TPSA) is 34.1 Å². The normalized spacial score (nSPS) is 13.4. The Bertz CT molecular complexity index is 903. The third-order valence-electron chi connectivity index (χ3n) is 4.80. The zero-order valence-electron chi connectivity index (χ0n) is 15.6. The molecule has 3 aromatic rings. The van der Waals surface area contributed by atoms with E-state index in [9.17, 15) is 9.13 Å². The lowest BCUT2D eigenvalue weighted by molar-refractivity contribution is 0.597. The highest BCUT2D eigenvalue weighted by Gasteiger charge is 2.16. The smallest absolute Gasteiger partial charge is 0.132 e. The number of aryl methyl sites for hydroxylation is 4. The van der Waals surface area contributed by atoms with Gasteiger partial charge in [0.05, 0.1) is 0 Å². The molecule has 2 unspecified atom stereocenters. The molecule has 2 nitrogen and oxygen atoms in total. The Balaban J connectivity index is 2.04. The van der Waals surface area contributed by atoms with Crippen LogP contribution in [0.2, 0.25) is 0 Å².